The number of amides is 1. The Morgan fingerprint density at radius 1 is 1.08 bits per heavy atom. The Kier molecular flexibility index (Phi) is 9.36. The van der Waals surface area contributed by atoms with Crippen molar-refractivity contribution in [2.45, 2.75) is 62.1 Å². The van der Waals surface area contributed by atoms with E-state index in [1.54, 1.807) is 48.5 Å². The number of aliphatic carboxylic acids is 1. The summed E-state index contributed by atoms with van der Waals surface area (Å²) in [6.45, 7) is 2.58. The Balaban J connectivity index is 1.81. The van der Waals surface area contributed by atoms with Crippen molar-refractivity contribution in [1.82, 2.24) is 4.90 Å². The molecule has 11 heteroatoms. The average Bonchev–Trinajstić information content (AvgIpc) is 2.89. The van der Waals surface area contributed by atoms with E-state index in [1.807, 2.05) is 6.92 Å². The maximum absolute atomic E-state index is 13.9. The van der Waals surface area contributed by atoms with Crippen molar-refractivity contribution in [2.24, 2.45) is 0 Å². The number of carbonyl (C=O) groups excluding carboxylic acids is 1. The number of sulfone groups is 1. The minimum absolute atomic E-state index is 0.244. The van der Waals surface area contributed by atoms with Crippen LogP contribution in [0.5, 0.6) is 0 Å². The summed E-state index contributed by atoms with van der Waals surface area (Å²) in [7, 11) is -3.58. The minimum Gasteiger partial charge on any atom is -0.481 e. The Morgan fingerprint density at radius 2 is 1.76 bits per heavy atom. The molecule has 0 bridgehead atoms. The molecule has 0 radical (unpaired) electrons. The summed E-state index contributed by atoms with van der Waals surface area (Å²) in [6.07, 6.45) is -1.48. The van der Waals surface area contributed by atoms with Crippen LogP contribution >= 0.6 is 23.2 Å². The van der Waals surface area contributed by atoms with Crippen LogP contribution in [-0.2, 0) is 28.9 Å². The molecule has 2 aromatic carbocycles. The number of hydrogen-bond acceptors (Lipinski definition) is 6. The summed E-state index contributed by atoms with van der Waals surface area (Å²) in [6, 6.07) is 12.4. The van der Waals surface area contributed by atoms with Crippen LogP contribution in [0, 0.1) is 0 Å². The number of hydrogen-bond donors (Lipinski definition) is 1. The van der Waals surface area contributed by atoms with E-state index in [0.717, 1.165) is 0 Å². The van der Waals surface area contributed by atoms with Crippen LogP contribution in [-0.4, -0.2) is 66.7 Å². The van der Waals surface area contributed by atoms with Gasteiger partial charge < -0.3 is 19.5 Å². The highest BCUT2D eigenvalue weighted by Crippen LogP contribution is 2.45. The quantitative estimate of drug-likeness (QED) is 0.449. The Bertz CT molecular complexity index is 1250. The van der Waals surface area contributed by atoms with Gasteiger partial charge in [0.25, 0.3) is 5.91 Å². The first kappa shape index (κ1) is 28.8. The molecule has 38 heavy (non-hydrogen) atoms. The summed E-state index contributed by atoms with van der Waals surface area (Å²) >= 11 is 12.4. The van der Waals surface area contributed by atoms with Gasteiger partial charge in [0.2, 0.25) is 0 Å². The molecule has 0 spiro atoms. The van der Waals surface area contributed by atoms with Gasteiger partial charge in [-0.25, -0.2) is 8.42 Å². The molecule has 0 aliphatic carbocycles. The van der Waals surface area contributed by atoms with Crippen molar-refractivity contribution in [2.75, 3.05) is 19.0 Å². The second-order valence-corrected chi connectivity index (χ2v) is 12.8. The van der Waals surface area contributed by atoms with Gasteiger partial charge in [-0.05, 0) is 54.7 Å². The number of carboxylic acid groups (broad SMARTS) is 1. The zero-order chi connectivity index (χ0) is 27.4. The molecule has 2 saturated heterocycles. The van der Waals surface area contributed by atoms with Gasteiger partial charge in [-0.2, -0.15) is 0 Å². The maximum atomic E-state index is 13.9. The topological polar surface area (TPSA) is 110 Å². The number of carboxylic acids is 1. The summed E-state index contributed by atoms with van der Waals surface area (Å²) in [5, 5.41) is 9.95. The van der Waals surface area contributed by atoms with Gasteiger partial charge in [0, 0.05) is 29.3 Å². The zero-order valence-electron chi connectivity index (χ0n) is 21.0. The maximum Gasteiger partial charge on any atom is 0.306 e. The van der Waals surface area contributed by atoms with E-state index < -0.39 is 57.7 Å². The van der Waals surface area contributed by atoms with Crippen LogP contribution in [0.25, 0.3) is 0 Å². The number of benzene rings is 2. The lowest BCUT2D eigenvalue weighted by Gasteiger charge is -2.48. The van der Waals surface area contributed by atoms with Crippen LogP contribution in [0.3, 0.4) is 0 Å². The first-order chi connectivity index (χ1) is 18.1. The number of nitrogens with zero attached hydrogens (tertiary/aromatic N) is 1. The van der Waals surface area contributed by atoms with Gasteiger partial charge in [-0.1, -0.05) is 54.4 Å². The second-order valence-electron chi connectivity index (χ2n) is 9.64. The highest BCUT2D eigenvalue weighted by Gasteiger charge is 2.48. The molecule has 2 aliphatic heterocycles. The van der Waals surface area contributed by atoms with Crippen LogP contribution < -0.4 is 0 Å². The number of ether oxygens (including phenoxy) is 2. The molecule has 1 amide bonds. The number of halogens is 2. The molecule has 2 aromatic rings. The lowest BCUT2D eigenvalue weighted by molar-refractivity contribution is -0.182. The lowest BCUT2D eigenvalue weighted by atomic mass is 9.89. The molecule has 2 heterocycles. The first-order valence-electron chi connectivity index (χ1n) is 12.6. The van der Waals surface area contributed by atoms with Gasteiger partial charge in [0.15, 0.2) is 9.84 Å². The van der Waals surface area contributed by atoms with Gasteiger partial charge in [-0.3, -0.25) is 9.59 Å². The summed E-state index contributed by atoms with van der Waals surface area (Å²) in [5.74, 6) is -1.99. The zero-order valence-corrected chi connectivity index (χ0v) is 23.3. The van der Waals surface area contributed by atoms with Gasteiger partial charge in [0.05, 0.1) is 23.5 Å². The summed E-state index contributed by atoms with van der Waals surface area (Å²) < 4.78 is 38.5. The summed E-state index contributed by atoms with van der Waals surface area (Å²) in [4.78, 5) is 27.1. The molecule has 4 atom stereocenters. The van der Waals surface area contributed by atoms with E-state index in [4.69, 9.17) is 32.7 Å². The lowest BCUT2D eigenvalue weighted by Crippen LogP contribution is -2.57. The number of morpholine rings is 1. The van der Waals surface area contributed by atoms with Gasteiger partial charge in [-0.15, -0.1) is 0 Å². The van der Waals surface area contributed by atoms with Crippen molar-refractivity contribution >= 4 is 44.9 Å². The van der Waals surface area contributed by atoms with Crippen molar-refractivity contribution < 1.29 is 32.6 Å². The monoisotopic (exact) mass is 583 g/mol. The number of carbonyl (C=O) groups is 2. The van der Waals surface area contributed by atoms with Crippen LogP contribution in [0.2, 0.25) is 10.0 Å². The fourth-order valence-corrected chi connectivity index (χ4v) is 7.67. The fourth-order valence-electron chi connectivity index (χ4n) is 5.23. The minimum atomic E-state index is -3.58. The van der Waals surface area contributed by atoms with Crippen molar-refractivity contribution in [3.05, 3.63) is 69.7 Å². The van der Waals surface area contributed by atoms with E-state index in [0.29, 0.717) is 53.6 Å². The van der Waals surface area contributed by atoms with Gasteiger partial charge >= 0.3 is 5.97 Å². The fraction of sp³-hybridized carbons (Fsp3) is 0.481. The van der Waals surface area contributed by atoms with Crippen LogP contribution in [0.4, 0.5) is 0 Å². The second kappa shape index (κ2) is 12.3. The van der Waals surface area contributed by atoms with Crippen LogP contribution in [0.1, 0.15) is 55.9 Å². The molecule has 1 N–H and O–H groups in total. The van der Waals surface area contributed by atoms with Crippen molar-refractivity contribution in [1.29, 1.82) is 0 Å². The first-order valence-corrected chi connectivity index (χ1v) is 15.1. The molecule has 0 unspecified atom stereocenters. The molecule has 0 saturated carbocycles. The van der Waals surface area contributed by atoms with Gasteiger partial charge in [0.1, 0.15) is 12.2 Å². The van der Waals surface area contributed by atoms with E-state index in [1.165, 1.54) is 4.90 Å². The predicted molar refractivity (Wildman–Crippen MR) is 144 cm³/mol. The SMILES string of the molecule is CC[C@H](CS(=O)(=O)C1CCOCC1)N1C(=O)[C@H](CC(=O)O)O[C@H](c2cccc(Cl)c2)[C@H]1c1ccc(Cl)cc1. The predicted octanol–water partition coefficient (Wildman–Crippen LogP) is 4.85. The smallest absolute Gasteiger partial charge is 0.306 e. The molecule has 2 aliphatic rings. The highest BCUT2D eigenvalue weighted by atomic mass is 35.5. The molecule has 0 aromatic heterocycles. The Hall–Kier alpha value is -2.17. The van der Waals surface area contributed by atoms with E-state index >= 15 is 0 Å². The Morgan fingerprint density at radius 3 is 2.37 bits per heavy atom. The third kappa shape index (κ3) is 6.51. The third-order valence-corrected chi connectivity index (χ3v) is 9.97. The van der Waals surface area contributed by atoms with E-state index in [-0.39, 0.29) is 5.75 Å². The molecule has 8 nitrogen and oxygen atoms in total. The van der Waals surface area contributed by atoms with Crippen molar-refractivity contribution in [3.63, 3.8) is 0 Å². The normalized spacial score (nSPS) is 23.8. The van der Waals surface area contributed by atoms with Crippen LogP contribution in [0.15, 0.2) is 48.5 Å². The summed E-state index contributed by atoms with van der Waals surface area (Å²) in [5.41, 5.74) is 1.33. The molecular formula is C27H31Cl2NO7S. The van der Waals surface area contributed by atoms with Crippen molar-refractivity contribution in [3.8, 4) is 0 Å². The number of rotatable bonds is 9. The van der Waals surface area contributed by atoms with E-state index in [2.05, 4.69) is 0 Å². The standard InChI is InChI=1S/C27H31Cl2NO7S/c1-2-21(16-38(34,35)22-10-12-36-13-11-22)30-25(17-6-8-19(28)9-7-17)26(18-4-3-5-20(29)14-18)37-23(27(30)33)15-24(31)32/h3-9,14,21-23,25-26H,2,10-13,15-16H2,1H3,(H,31,32)/t21-,23+,25-,26-/m1/s1. The molecule has 4 rings (SSSR count). The highest BCUT2D eigenvalue weighted by molar-refractivity contribution is 7.92. The Labute approximate surface area is 232 Å². The molecule has 206 valence electrons. The molecule has 2 fully saturated rings. The molecular weight excluding hydrogens is 553 g/mol. The third-order valence-electron chi connectivity index (χ3n) is 7.14. The average molecular weight is 585 g/mol. The largest absolute Gasteiger partial charge is 0.481 e. The van der Waals surface area contributed by atoms with E-state index in [9.17, 15) is 23.1 Å².